The molecule has 0 saturated heterocycles. The molecule has 1 aromatic heterocycles. The van der Waals surface area contributed by atoms with Gasteiger partial charge in [0.15, 0.2) is 0 Å². The predicted molar refractivity (Wildman–Crippen MR) is 125 cm³/mol. The fourth-order valence-corrected chi connectivity index (χ4v) is 4.84. The monoisotopic (exact) mass is 452 g/mol. The van der Waals surface area contributed by atoms with Crippen molar-refractivity contribution in [1.82, 2.24) is 14.5 Å². The Kier molecular flexibility index (Phi) is 6.72. The number of likely N-dealkylation sites (N-methyl/N-ethyl adjacent to an activating group) is 1. The Hall–Kier alpha value is -3.29. The summed E-state index contributed by atoms with van der Waals surface area (Å²) < 4.78 is 13.0. The molecule has 176 valence electrons. The van der Waals surface area contributed by atoms with Gasteiger partial charge >= 0.3 is 0 Å². The standard InChI is InChI=1S/C25H32N4O4/c1-27-13-7-10-21(27)20-15-22(19-14-18(32-3)11-12-23(19)33-4)29(26-20)24(30)16-28(2)25(31)17-8-5-6-9-17/h7,10-14,17,22H,5-6,8-9,15-16H2,1-4H3. The van der Waals surface area contributed by atoms with Crippen molar-refractivity contribution in [2.45, 2.75) is 38.1 Å². The number of hydrogen-bond acceptors (Lipinski definition) is 5. The fourth-order valence-electron chi connectivity index (χ4n) is 4.84. The molecule has 1 aromatic carbocycles. The number of hydrogen-bond donors (Lipinski definition) is 0. The molecule has 8 nitrogen and oxygen atoms in total. The van der Waals surface area contributed by atoms with Crippen LogP contribution in [0.2, 0.25) is 0 Å². The van der Waals surface area contributed by atoms with E-state index in [4.69, 9.17) is 14.6 Å². The number of nitrogens with zero attached hydrogens (tertiary/aromatic N) is 4. The predicted octanol–water partition coefficient (Wildman–Crippen LogP) is 3.37. The van der Waals surface area contributed by atoms with E-state index in [9.17, 15) is 9.59 Å². The Balaban J connectivity index is 1.64. The number of amides is 2. The molecule has 0 radical (unpaired) electrons. The molecule has 1 aliphatic carbocycles. The molecule has 2 amide bonds. The minimum atomic E-state index is -0.359. The van der Waals surface area contributed by atoms with Crippen molar-refractivity contribution in [2.75, 3.05) is 27.8 Å². The lowest BCUT2D eigenvalue weighted by Gasteiger charge is -2.27. The molecular formula is C25H32N4O4. The number of rotatable bonds is 7. The number of carbonyl (C=O) groups is 2. The minimum Gasteiger partial charge on any atom is -0.497 e. The molecule has 2 aliphatic rings. The van der Waals surface area contributed by atoms with Crippen molar-refractivity contribution in [3.05, 3.63) is 47.8 Å². The number of methoxy groups -OCH3 is 2. The molecule has 2 aromatic rings. The Labute approximate surface area is 194 Å². The molecule has 1 saturated carbocycles. The zero-order chi connectivity index (χ0) is 23.5. The summed E-state index contributed by atoms with van der Waals surface area (Å²) in [6.45, 7) is -0.0119. The number of ether oxygens (including phenoxy) is 2. The molecule has 33 heavy (non-hydrogen) atoms. The van der Waals surface area contributed by atoms with Crippen LogP contribution in [0.5, 0.6) is 11.5 Å². The first-order chi connectivity index (χ1) is 15.9. The van der Waals surface area contributed by atoms with Crippen molar-refractivity contribution >= 4 is 17.5 Å². The average Bonchev–Trinajstić information content (AvgIpc) is 3.58. The smallest absolute Gasteiger partial charge is 0.262 e. The van der Waals surface area contributed by atoms with E-state index in [2.05, 4.69) is 0 Å². The minimum absolute atomic E-state index is 0.0119. The molecule has 1 fully saturated rings. The van der Waals surface area contributed by atoms with Crippen LogP contribution in [0.25, 0.3) is 0 Å². The number of aromatic nitrogens is 1. The molecule has 8 heteroatoms. The lowest BCUT2D eigenvalue weighted by molar-refractivity contribution is -0.142. The van der Waals surface area contributed by atoms with Crippen molar-refractivity contribution in [3.8, 4) is 11.5 Å². The largest absolute Gasteiger partial charge is 0.497 e. The van der Waals surface area contributed by atoms with E-state index in [-0.39, 0.29) is 30.3 Å². The lowest BCUT2D eigenvalue weighted by Crippen LogP contribution is -2.41. The fraction of sp³-hybridized carbons (Fsp3) is 0.480. The summed E-state index contributed by atoms with van der Waals surface area (Å²) in [6.07, 6.45) is 6.45. The zero-order valence-electron chi connectivity index (χ0n) is 19.8. The van der Waals surface area contributed by atoms with Crippen LogP contribution >= 0.6 is 0 Å². The third-order valence-electron chi connectivity index (χ3n) is 6.65. The summed E-state index contributed by atoms with van der Waals surface area (Å²) in [6, 6.07) is 9.15. The van der Waals surface area contributed by atoms with Gasteiger partial charge in [-0.15, -0.1) is 0 Å². The van der Waals surface area contributed by atoms with Crippen molar-refractivity contribution in [1.29, 1.82) is 0 Å². The van der Waals surface area contributed by atoms with Crippen molar-refractivity contribution in [3.63, 3.8) is 0 Å². The molecule has 0 spiro atoms. The van der Waals surface area contributed by atoms with Gasteiger partial charge < -0.3 is 18.9 Å². The Morgan fingerprint density at radius 2 is 1.91 bits per heavy atom. The van der Waals surface area contributed by atoms with Gasteiger partial charge in [-0.3, -0.25) is 9.59 Å². The number of benzene rings is 1. The maximum absolute atomic E-state index is 13.5. The zero-order valence-corrected chi connectivity index (χ0v) is 19.8. The van der Waals surface area contributed by atoms with Gasteiger partial charge in [0.05, 0.1) is 31.7 Å². The summed E-state index contributed by atoms with van der Waals surface area (Å²) in [5, 5.41) is 6.25. The van der Waals surface area contributed by atoms with E-state index in [1.807, 2.05) is 48.1 Å². The second-order valence-electron chi connectivity index (χ2n) is 8.79. The normalized spacial score (nSPS) is 18.4. The van der Waals surface area contributed by atoms with E-state index in [0.717, 1.165) is 42.7 Å². The van der Waals surface area contributed by atoms with Crippen LogP contribution in [-0.4, -0.2) is 59.8 Å². The highest BCUT2D eigenvalue weighted by atomic mass is 16.5. The summed E-state index contributed by atoms with van der Waals surface area (Å²) >= 11 is 0. The van der Waals surface area contributed by atoms with Crippen LogP contribution in [0.4, 0.5) is 0 Å². The molecule has 1 aliphatic heterocycles. The van der Waals surface area contributed by atoms with Gasteiger partial charge in [-0.05, 0) is 43.2 Å². The first-order valence-electron chi connectivity index (χ1n) is 11.4. The highest BCUT2D eigenvalue weighted by Crippen LogP contribution is 2.39. The molecular weight excluding hydrogens is 420 g/mol. The Morgan fingerprint density at radius 3 is 2.55 bits per heavy atom. The maximum Gasteiger partial charge on any atom is 0.262 e. The second kappa shape index (κ2) is 9.68. The van der Waals surface area contributed by atoms with E-state index in [1.165, 1.54) is 5.01 Å². The Bertz CT molecular complexity index is 1050. The van der Waals surface area contributed by atoms with Crippen LogP contribution in [0, 0.1) is 5.92 Å². The highest BCUT2D eigenvalue weighted by Gasteiger charge is 2.37. The number of carbonyl (C=O) groups excluding carboxylic acids is 2. The SMILES string of the molecule is COc1ccc(OC)c(C2CC(c3cccn3C)=NN2C(=O)CN(C)C(=O)C2CCCC2)c1. The third kappa shape index (κ3) is 4.60. The quantitative estimate of drug-likeness (QED) is 0.646. The van der Waals surface area contributed by atoms with Crippen LogP contribution in [0.1, 0.15) is 49.4 Å². The average molecular weight is 453 g/mol. The van der Waals surface area contributed by atoms with Gasteiger partial charge in [-0.2, -0.15) is 5.10 Å². The van der Waals surface area contributed by atoms with Crippen LogP contribution in [0.15, 0.2) is 41.6 Å². The first kappa shape index (κ1) is 22.9. The van der Waals surface area contributed by atoms with E-state index in [1.54, 1.807) is 26.2 Å². The summed E-state index contributed by atoms with van der Waals surface area (Å²) in [5.74, 6) is 1.19. The van der Waals surface area contributed by atoms with Gasteiger partial charge in [0.2, 0.25) is 5.91 Å². The van der Waals surface area contributed by atoms with Crippen LogP contribution < -0.4 is 9.47 Å². The van der Waals surface area contributed by atoms with Crippen molar-refractivity contribution in [2.24, 2.45) is 18.1 Å². The second-order valence-corrected chi connectivity index (χ2v) is 8.79. The summed E-state index contributed by atoms with van der Waals surface area (Å²) in [5.41, 5.74) is 2.59. The first-order valence-corrected chi connectivity index (χ1v) is 11.4. The van der Waals surface area contributed by atoms with Crippen LogP contribution in [-0.2, 0) is 16.6 Å². The maximum atomic E-state index is 13.5. The molecule has 1 atom stereocenters. The third-order valence-corrected chi connectivity index (χ3v) is 6.65. The lowest BCUT2D eigenvalue weighted by atomic mass is 9.99. The van der Waals surface area contributed by atoms with Gasteiger partial charge in [-0.1, -0.05) is 12.8 Å². The summed E-state index contributed by atoms with van der Waals surface area (Å²) in [4.78, 5) is 27.8. The Morgan fingerprint density at radius 1 is 1.15 bits per heavy atom. The molecule has 2 heterocycles. The van der Waals surface area contributed by atoms with Gasteiger partial charge in [0.1, 0.15) is 18.0 Å². The molecule has 0 N–H and O–H groups in total. The van der Waals surface area contributed by atoms with E-state index < -0.39 is 0 Å². The summed E-state index contributed by atoms with van der Waals surface area (Å²) in [7, 11) is 6.88. The van der Waals surface area contributed by atoms with E-state index in [0.29, 0.717) is 17.9 Å². The number of hydrazone groups is 1. The van der Waals surface area contributed by atoms with Crippen molar-refractivity contribution < 1.29 is 19.1 Å². The molecule has 4 rings (SSSR count). The molecule has 1 unspecified atom stereocenters. The van der Waals surface area contributed by atoms with Gasteiger partial charge in [-0.25, -0.2) is 5.01 Å². The highest BCUT2D eigenvalue weighted by molar-refractivity contribution is 6.02. The van der Waals surface area contributed by atoms with Crippen LogP contribution in [0.3, 0.4) is 0 Å². The number of aryl methyl sites for hydroxylation is 1. The van der Waals surface area contributed by atoms with Gasteiger partial charge in [0, 0.05) is 38.2 Å². The van der Waals surface area contributed by atoms with Gasteiger partial charge in [0.25, 0.3) is 5.91 Å². The molecule has 0 bridgehead atoms. The topological polar surface area (TPSA) is 76.4 Å². The van der Waals surface area contributed by atoms with E-state index >= 15 is 0 Å².